The number of aromatic nitrogens is 1. The molecular weight excluding hydrogens is 463 g/mol. The Hall–Kier alpha value is -2.68. The van der Waals surface area contributed by atoms with E-state index >= 15 is 0 Å². The molecule has 2 aromatic carbocycles. The van der Waals surface area contributed by atoms with Crippen molar-refractivity contribution in [2.75, 3.05) is 0 Å². The SMILES string of the molecule is N#Cc1cccc(-c2cnc(C(=O)[As]c3ccc(Br)cc3C(=O)O)o2)c1. The fourth-order valence-corrected chi connectivity index (χ4v) is 4.32. The van der Waals surface area contributed by atoms with Crippen LogP contribution < -0.4 is 4.35 Å². The molecular formula is C18H9AsBrN2O4. The van der Waals surface area contributed by atoms with Gasteiger partial charge in [-0.05, 0) is 0 Å². The van der Waals surface area contributed by atoms with Crippen LogP contribution in [0.4, 0.5) is 0 Å². The Morgan fingerprint density at radius 3 is 2.77 bits per heavy atom. The van der Waals surface area contributed by atoms with Gasteiger partial charge in [0, 0.05) is 0 Å². The minimum absolute atomic E-state index is 0.0679. The van der Waals surface area contributed by atoms with Gasteiger partial charge in [0.1, 0.15) is 0 Å². The molecule has 26 heavy (non-hydrogen) atoms. The van der Waals surface area contributed by atoms with E-state index in [1.54, 1.807) is 36.4 Å². The Balaban J connectivity index is 1.85. The summed E-state index contributed by atoms with van der Waals surface area (Å²) in [6.07, 6.45) is 1.42. The van der Waals surface area contributed by atoms with Crippen LogP contribution in [-0.2, 0) is 0 Å². The van der Waals surface area contributed by atoms with Gasteiger partial charge in [0.05, 0.1) is 0 Å². The van der Waals surface area contributed by atoms with Gasteiger partial charge in [-0.3, -0.25) is 0 Å². The standard InChI is InChI=1S/C18H9AsBrN2O4/c20-12-4-5-14(13(7-12)18(24)25)19-16(23)17-22-9-15(26-17)11-3-1-2-10(6-11)8-21/h1-7,9H,(H,24,25). The average Bonchev–Trinajstić information content (AvgIpc) is 3.13. The van der Waals surface area contributed by atoms with Crippen LogP contribution in [0.1, 0.15) is 26.6 Å². The summed E-state index contributed by atoms with van der Waals surface area (Å²) in [6.45, 7) is 0. The molecule has 127 valence electrons. The molecule has 1 N–H and O–H groups in total. The Bertz CT molecular complexity index is 1060. The van der Waals surface area contributed by atoms with E-state index in [1.807, 2.05) is 6.07 Å². The Morgan fingerprint density at radius 2 is 2.04 bits per heavy atom. The third-order valence-electron chi connectivity index (χ3n) is 3.38. The third kappa shape index (κ3) is 3.93. The number of benzene rings is 2. The van der Waals surface area contributed by atoms with Gasteiger partial charge in [0.25, 0.3) is 0 Å². The molecule has 3 aromatic rings. The van der Waals surface area contributed by atoms with Crippen molar-refractivity contribution in [2.24, 2.45) is 0 Å². The molecule has 0 aliphatic carbocycles. The van der Waals surface area contributed by atoms with Crippen molar-refractivity contribution >= 4 is 46.6 Å². The molecule has 0 atom stereocenters. The van der Waals surface area contributed by atoms with E-state index in [-0.39, 0.29) is 16.0 Å². The Morgan fingerprint density at radius 1 is 1.23 bits per heavy atom. The van der Waals surface area contributed by atoms with Crippen molar-refractivity contribution in [1.29, 1.82) is 5.26 Å². The van der Waals surface area contributed by atoms with E-state index in [9.17, 15) is 14.7 Å². The van der Waals surface area contributed by atoms with Crippen molar-refractivity contribution in [3.8, 4) is 17.4 Å². The summed E-state index contributed by atoms with van der Waals surface area (Å²) in [6, 6.07) is 13.6. The molecule has 0 spiro atoms. The van der Waals surface area contributed by atoms with E-state index < -0.39 is 21.7 Å². The van der Waals surface area contributed by atoms with Crippen molar-refractivity contribution < 1.29 is 19.1 Å². The molecule has 0 fully saturated rings. The zero-order chi connectivity index (χ0) is 18.7. The molecule has 0 unspecified atom stereocenters. The van der Waals surface area contributed by atoms with Crippen LogP contribution in [0.2, 0.25) is 0 Å². The number of nitrogens with zero attached hydrogens (tertiary/aromatic N) is 2. The van der Waals surface area contributed by atoms with Gasteiger partial charge in [0.2, 0.25) is 0 Å². The van der Waals surface area contributed by atoms with Crippen molar-refractivity contribution in [2.45, 2.75) is 0 Å². The monoisotopic (exact) mass is 471 g/mol. The number of hydrogen-bond donors (Lipinski definition) is 1. The second kappa shape index (κ2) is 7.69. The number of aromatic carboxylic acids is 1. The molecule has 0 saturated heterocycles. The molecule has 0 amide bonds. The van der Waals surface area contributed by atoms with Gasteiger partial charge >= 0.3 is 163 Å². The predicted molar refractivity (Wildman–Crippen MR) is 97.5 cm³/mol. The van der Waals surface area contributed by atoms with Gasteiger partial charge in [-0.15, -0.1) is 0 Å². The zero-order valence-corrected chi connectivity index (χ0v) is 16.5. The molecule has 0 aliphatic rings. The first-order chi connectivity index (χ1) is 12.5. The summed E-state index contributed by atoms with van der Waals surface area (Å²) >= 11 is 2.10. The van der Waals surface area contributed by atoms with E-state index in [4.69, 9.17) is 9.68 Å². The van der Waals surface area contributed by atoms with Crippen LogP contribution in [0.5, 0.6) is 0 Å². The molecule has 1 aromatic heterocycles. The number of carboxylic acid groups (broad SMARTS) is 1. The van der Waals surface area contributed by atoms with Gasteiger partial charge < -0.3 is 0 Å². The number of hydrogen-bond acceptors (Lipinski definition) is 5. The summed E-state index contributed by atoms with van der Waals surface area (Å²) in [5.41, 5.74) is 1.20. The van der Waals surface area contributed by atoms with Crippen LogP contribution >= 0.6 is 15.9 Å². The molecule has 1 radical (unpaired) electrons. The van der Waals surface area contributed by atoms with Gasteiger partial charge in [-0.2, -0.15) is 0 Å². The van der Waals surface area contributed by atoms with Crippen LogP contribution in [-0.4, -0.2) is 36.4 Å². The number of carbonyl (C=O) groups excluding carboxylic acids is 1. The minimum atomic E-state index is -1.13. The molecule has 0 aliphatic heterocycles. The average molecular weight is 472 g/mol. The molecule has 6 nitrogen and oxygen atoms in total. The number of carboxylic acids is 1. The zero-order valence-electron chi connectivity index (χ0n) is 13.0. The summed E-state index contributed by atoms with van der Waals surface area (Å²) < 4.78 is 6.28. The van der Waals surface area contributed by atoms with E-state index in [0.717, 1.165) is 0 Å². The predicted octanol–water partition coefficient (Wildman–Crippen LogP) is 2.84. The number of carbonyl (C=O) groups is 2. The van der Waals surface area contributed by atoms with Crippen LogP contribution in [0, 0.1) is 11.3 Å². The van der Waals surface area contributed by atoms with E-state index in [0.29, 0.717) is 25.7 Å². The van der Waals surface area contributed by atoms with Crippen molar-refractivity contribution in [3.05, 3.63) is 70.2 Å². The fraction of sp³-hybridized carbons (Fsp3) is 0. The normalized spacial score (nSPS) is 10.8. The summed E-state index contributed by atoms with van der Waals surface area (Å²) in [5, 5.41) is 18.3. The first-order valence-electron chi connectivity index (χ1n) is 7.23. The maximum absolute atomic E-state index is 12.5. The maximum atomic E-state index is 12.5. The van der Waals surface area contributed by atoms with Gasteiger partial charge in [-0.25, -0.2) is 0 Å². The van der Waals surface area contributed by atoms with Gasteiger partial charge in [-0.1, -0.05) is 0 Å². The first-order valence-corrected chi connectivity index (χ1v) is 9.90. The number of rotatable bonds is 5. The van der Waals surface area contributed by atoms with Crippen LogP contribution in [0.3, 0.4) is 0 Å². The molecule has 0 saturated carbocycles. The van der Waals surface area contributed by atoms with Crippen molar-refractivity contribution in [3.63, 3.8) is 0 Å². The fourth-order valence-electron chi connectivity index (χ4n) is 2.18. The third-order valence-corrected chi connectivity index (χ3v) is 6.02. The molecule has 0 bridgehead atoms. The number of halogens is 1. The van der Waals surface area contributed by atoms with Crippen LogP contribution in [0.15, 0.2) is 57.6 Å². The molecule has 8 heteroatoms. The summed E-state index contributed by atoms with van der Waals surface area (Å²) in [7, 11) is 0. The topological polar surface area (TPSA) is 104 Å². The summed E-state index contributed by atoms with van der Waals surface area (Å²) in [4.78, 5) is 27.8. The van der Waals surface area contributed by atoms with Crippen molar-refractivity contribution in [1.82, 2.24) is 4.98 Å². The number of oxazole rings is 1. The molecule has 1 heterocycles. The molecule has 3 rings (SSSR count). The Kier molecular flexibility index (Phi) is 5.36. The van der Waals surface area contributed by atoms with E-state index in [1.165, 1.54) is 12.3 Å². The quantitative estimate of drug-likeness (QED) is 0.573. The van der Waals surface area contributed by atoms with Gasteiger partial charge in [0.15, 0.2) is 0 Å². The van der Waals surface area contributed by atoms with Crippen LogP contribution in [0.25, 0.3) is 11.3 Å². The first kappa shape index (κ1) is 18.1. The van der Waals surface area contributed by atoms with E-state index in [2.05, 4.69) is 20.9 Å². The second-order valence-electron chi connectivity index (χ2n) is 5.11. The summed E-state index contributed by atoms with van der Waals surface area (Å²) in [5.74, 6) is -0.784. The Labute approximate surface area is 163 Å². The second-order valence-corrected chi connectivity index (χ2v) is 8.35. The number of nitriles is 1.